The lowest BCUT2D eigenvalue weighted by molar-refractivity contribution is -0.149. The van der Waals surface area contributed by atoms with Crippen LogP contribution >= 0.6 is 15.9 Å². The molecule has 0 aliphatic heterocycles. The highest BCUT2D eigenvalue weighted by molar-refractivity contribution is 9.10. The zero-order chi connectivity index (χ0) is 13.6. The van der Waals surface area contributed by atoms with Crippen molar-refractivity contribution in [2.45, 2.75) is 30.9 Å². The number of carboxylic acid groups (broad SMARTS) is 1. The Bertz CT molecular complexity index is 493. The van der Waals surface area contributed by atoms with Gasteiger partial charge in [-0.2, -0.15) is 13.2 Å². The van der Waals surface area contributed by atoms with E-state index in [9.17, 15) is 23.1 Å². The van der Waals surface area contributed by atoms with E-state index < -0.39 is 23.1 Å². The van der Waals surface area contributed by atoms with Crippen molar-refractivity contribution in [1.29, 1.82) is 0 Å². The van der Waals surface area contributed by atoms with Crippen LogP contribution in [0.5, 0.6) is 0 Å². The van der Waals surface area contributed by atoms with Crippen LogP contribution in [0.15, 0.2) is 22.7 Å². The topological polar surface area (TPSA) is 37.3 Å². The molecule has 1 aliphatic carbocycles. The van der Waals surface area contributed by atoms with Gasteiger partial charge < -0.3 is 5.11 Å². The Morgan fingerprint density at radius 2 is 1.94 bits per heavy atom. The van der Waals surface area contributed by atoms with Gasteiger partial charge in [-0.1, -0.05) is 28.4 Å². The molecule has 2 rings (SSSR count). The van der Waals surface area contributed by atoms with Crippen LogP contribution in [0.1, 0.15) is 30.4 Å². The average molecular weight is 323 g/mol. The minimum Gasteiger partial charge on any atom is -0.481 e. The monoisotopic (exact) mass is 322 g/mol. The lowest BCUT2D eigenvalue weighted by Crippen LogP contribution is -2.43. The summed E-state index contributed by atoms with van der Waals surface area (Å²) in [5.41, 5.74) is -2.36. The summed E-state index contributed by atoms with van der Waals surface area (Å²) in [4.78, 5) is 11.3. The molecule has 0 atom stereocenters. The highest BCUT2D eigenvalue weighted by Gasteiger charge is 2.50. The molecule has 6 heteroatoms. The quantitative estimate of drug-likeness (QED) is 0.894. The standard InChI is InChI=1S/C12H10BrF3O2/c13-7-2-3-8(9(6-7)12(14,15)16)11(10(17)18)4-1-5-11/h2-3,6H,1,4-5H2,(H,17,18). The van der Waals surface area contributed by atoms with Gasteiger partial charge in [-0.05, 0) is 30.5 Å². The molecule has 1 saturated carbocycles. The zero-order valence-corrected chi connectivity index (χ0v) is 10.8. The number of rotatable bonds is 2. The first-order chi connectivity index (χ1) is 8.27. The Hall–Kier alpha value is -1.04. The minimum atomic E-state index is -4.54. The summed E-state index contributed by atoms with van der Waals surface area (Å²) in [6.45, 7) is 0. The van der Waals surface area contributed by atoms with Gasteiger partial charge in [0.05, 0.1) is 11.0 Å². The molecule has 1 N–H and O–H groups in total. The van der Waals surface area contributed by atoms with E-state index in [4.69, 9.17) is 0 Å². The number of hydrogen-bond donors (Lipinski definition) is 1. The number of hydrogen-bond acceptors (Lipinski definition) is 1. The van der Waals surface area contributed by atoms with E-state index in [0.717, 1.165) is 6.07 Å². The predicted molar refractivity (Wildman–Crippen MR) is 62.3 cm³/mol. The molecule has 0 unspecified atom stereocenters. The fraction of sp³-hybridized carbons (Fsp3) is 0.417. The van der Waals surface area contributed by atoms with Crippen molar-refractivity contribution in [2.75, 3.05) is 0 Å². The molecule has 1 aromatic rings. The number of halogens is 4. The fourth-order valence-electron chi connectivity index (χ4n) is 2.30. The van der Waals surface area contributed by atoms with Crippen LogP contribution in [-0.2, 0) is 16.4 Å². The van der Waals surface area contributed by atoms with Gasteiger partial charge in [-0.25, -0.2) is 0 Å². The molecule has 18 heavy (non-hydrogen) atoms. The molecular formula is C12H10BrF3O2. The van der Waals surface area contributed by atoms with Crippen molar-refractivity contribution in [1.82, 2.24) is 0 Å². The van der Waals surface area contributed by atoms with Crippen LogP contribution in [-0.4, -0.2) is 11.1 Å². The normalized spacial score (nSPS) is 18.2. The molecule has 2 nitrogen and oxygen atoms in total. The number of carbonyl (C=O) groups is 1. The summed E-state index contributed by atoms with van der Waals surface area (Å²) < 4.78 is 39.2. The van der Waals surface area contributed by atoms with Gasteiger partial charge in [-0.15, -0.1) is 0 Å². The highest BCUT2D eigenvalue weighted by Crippen LogP contribution is 2.48. The van der Waals surface area contributed by atoms with Crippen molar-refractivity contribution in [2.24, 2.45) is 0 Å². The van der Waals surface area contributed by atoms with Gasteiger partial charge >= 0.3 is 12.1 Å². The Morgan fingerprint density at radius 3 is 2.33 bits per heavy atom. The summed E-state index contributed by atoms with van der Waals surface area (Å²) in [7, 11) is 0. The van der Waals surface area contributed by atoms with Crippen molar-refractivity contribution in [3.8, 4) is 0 Å². The molecule has 0 saturated heterocycles. The molecular weight excluding hydrogens is 313 g/mol. The number of alkyl halides is 3. The van der Waals surface area contributed by atoms with Crippen LogP contribution in [0.25, 0.3) is 0 Å². The number of carboxylic acids is 1. The van der Waals surface area contributed by atoms with E-state index in [1.807, 2.05) is 0 Å². The van der Waals surface area contributed by atoms with E-state index in [2.05, 4.69) is 15.9 Å². The second kappa shape index (κ2) is 4.26. The molecule has 0 amide bonds. The molecule has 1 fully saturated rings. The predicted octanol–water partition coefficient (Wildman–Crippen LogP) is 3.97. The van der Waals surface area contributed by atoms with Gasteiger partial charge in [0.1, 0.15) is 0 Å². The van der Waals surface area contributed by atoms with E-state index in [-0.39, 0.29) is 18.4 Å². The summed E-state index contributed by atoms with van der Waals surface area (Å²) in [5, 5.41) is 9.22. The lowest BCUT2D eigenvalue weighted by atomic mass is 9.63. The second-order valence-electron chi connectivity index (χ2n) is 4.43. The molecule has 98 valence electrons. The Morgan fingerprint density at radius 1 is 1.33 bits per heavy atom. The summed E-state index contributed by atoms with van der Waals surface area (Å²) in [6, 6.07) is 3.66. The third-order valence-corrected chi connectivity index (χ3v) is 3.91. The number of benzene rings is 1. The van der Waals surface area contributed by atoms with Gasteiger partial charge in [0.15, 0.2) is 0 Å². The van der Waals surface area contributed by atoms with Crippen molar-refractivity contribution in [3.05, 3.63) is 33.8 Å². The van der Waals surface area contributed by atoms with Crippen molar-refractivity contribution >= 4 is 21.9 Å². The second-order valence-corrected chi connectivity index (χ2v) is 5.34. The number of aliphatic carboxylic acids is 1. The van der Waals surface area contributed by atoms with Gasteiger partial charge in [0.2, 0.25) is 0 Å². The Kier molecular flexibility index (Phi) is 3.17. The first-order valence-electron chi connectivity index (χ1n) is 5.38. The maximum atomic E-state index is 13.0. The molecule has 0 radical (unpaired) electrons. The first kappa shape index (κ1) is 13.4. The smallest absolute Gasteiger partial charge is 0.416 e. The van der Waals surface area contributed by atoms with Crippen LogP contribution in [0.2, 0.25) is 0 Å². The fourth-order valence-corrected chi connectivity index (χ4v) is 2.66. The summed E-state index contributed by atoms with van der Waals surface area (Å²) in [6.07, 6.45) is -3.39. The maximum Gasteiger partial charge on any atom is 0.416 e. The molecule has 0 spiro atoms. The van der Waals surface area contributed by atoms with Gasteiger partial charge in [-0.3, -0.25) is 4.79 Å². The Balaban J connectivity index is 2.61. The summed E-state index contributed by atoms with van der Waals surface area (Å²) in [5.74, 6) is -1.18. The third-order valence-electron chi connectivity index (χ3n) is 3.42. The van der Waals surface area contributed by atoms with Crippen molar-refractivity contribution in [3.63, 3.8) is 0 Å². The van der Waals surface area contributed by atoms with E-state index >= 15 is 0 Å². The average Bonchev–Trinajstić information content (AvgIpc) is 2.16. The molecule has 0 bridgehead atoms. The van der Waals surface area contributed by atoms with E-state index in [1.165, 1.54) is 12.1 Å². The minimum absolute atomic E-state index is 0.128. The maximum absolute atomic E-state index is 13.0. The molecule has 0 aromatic heterocycles. The van der Waals surface area contributed by atoms with Crippen LogP contribution in [0.4, 0.5) is 13.2 Å². The molecule has 1 aromatic carbocycles. The Labute approximate surface area is 110 Å². The first-order valence-corrected chi connectivity index (χ1v) is 6.17. The zero-order valence-electron chi connectivity index (χ0n) is 9.22. The van der Waals surface area contributed by atoms with Crippen LogP contribution < -0.4 is 0 Å². The van der Waals surface area contributed by atoms with Crippen molar-refractivity contribution < 1.29 is 23.1 Å². The highest BCUT2D eigenvalue weighted by atomic mass is 79.9. The summed E-state index contributed by atoms with van der Waals surface area (Å²) >= 11 is 2.99. The molecule has 1 aliphatic rings. The van der Waals surface area contributed by atoms with E-state index in [1.54, 1.807) is 0 Å². The van der Waals surface area contributed by atoms with Crippen LogP contribution in [0.3, 0.4) is 0 Å². The van der Waals surface area contributed by atoms with Crippen LogP contribution in [0, 0.1) is 0 Å². The van der Waals surface area contributed by atoms with E-state index in [0.29, 0.717) is 10.9 Å². The lowest BCUT2D eigenvalue weighted by Gasteiger charge is -2.39. The van der Waals surface area contributed by atoms with Gasteiger partial charge in [0, 0.05) is 4.47 Å². The molecule has 0 heterocycles. The third kappa shape index (κ3) is 2.02. The largest absolute Gasteiger partial charge is 0.481 e. The SMILES string of the molecule is O=C(O)C1(c2ccc(Br)cc2C(F)(F)F)CCC1. The van der Waals surface area contributed by atoms with Gasteiger partial charge in [0.25, 0.3) is 0 Å².